The van der Waals surface area contributed by atoms with E-state index in [2.05, 4.69) is 5.32 Å². The van der Waals surface area contributed by atoms with E-state index in [1.54, 1.807) is 6.07 Å². The molecular weight excluding hydrogens is 292 g/mol. The van der Waals surface area contributed by atoms with E-state index >= 15 is 0 Å². The minimum atomic E-state index is -0.680. The van der Waals surface area contributed by atoms with Crippen molar-refractivity contribution in [1.82, 2.24) is 0 Å². The summed E-state index contributed by atoms with van der Waals surface area (Å²) in [5.41, 5.74) is 1.25. The van der Waals surface area contributed by atoms with Crippen LogP contribution in [0.25, 0.3) is 0 Å². The normalized spacial score (nSPS) is 10.5. The molecule has 2 rings (SSSR count). The standard InChI is InChI=1S/C13H10Cl2FNO2/c14-9-4-8(5-10(15)13(9)19)17-6-7-1-2-12(18)11(16)3-7/h1-5,17-19H,6H2. The molecule has 2 aromatic rings. The summed E-state index contributed by atoms with van der Waals surface area (Å²) >= 11 is 11.6. The van der Waals surface area contributed by atoms with Gasteiger partial charge in [-0.25, -0.2) is 4.39 Å². The van der Waals surface area contributed by atoms with Crippen molar-refractivity contribution in [2.45, 2.75) is 6.54 Å². The number of hydrogen-bond donors (Lipinski definition) is 3. The second kappa shape index (κ2) is 5.55. The predicted molar refractivity (Wildman–Crippen MR) is 73.5 cm³/mol. The fraction of sp³-hybridized carbons (Fsp3) is 0.0769. The highest BCUT2D eigenvalue weighted by Crippen LogP contribution is 2.34. The molecule has 0 aliphatic carbocycles. The van der Waals surface area contributed by atoms with Crippen molar-refractivity contribution in [3.8, 4) is 11.5 Å². The Morgan fingerprint density at radius 1 is 1.05 bits per heavy atom. The van der Waals surface area contributed by atoms with Crippen molar-refractivity contribution in [1.29, 1.82) is 0 Å². The number of halogens is 3. The number of phenolic OH excluding ortho intramolecular Hbond substituents is 2. The molecule has 0 radical (unpaired) electrons. The topological polar surface area (TPSA) is 52.5 Å². The van der Waals surface area contributed by atoms with Crippen molar-refractivity contribution < 1.29 is 14.6 Å². The Kier molecular flexibility index (Phi) is 4.02. The summed E-state index contributed by atoms with van der Waals surface area (Å²) in [5, 5.41) is 21.7. The zero-order valence-electron chi connectivity index (χ0n) is 9.62. The summed E-state index contributed by atoms with van der Waals surface area (Å²) in [6.45, 7) is 0.328. The molecule has 0 saturated heterocycles. The molecule has 19 heavy (non-hydrogen) atoms. The van der Waals surface area contributed by atoms with Gasteiger partial charge in [0.25, 0.3) is 0 Å². The lowest BCUT2D eigenvalue weighted by atomic mass is 10.2. The second-order valence-corrected chi connectivity index (χ2v) is 4.74. The van der Waals surface area contributed by atoms with E-state index in [1.807, 2.05) is 0 Å². The Bertz CT molecular complexity index is 597. The van der Waals surface area contributed by atoms with Gasteiger partial charge in [0, 0.05) is 12.2 Å². The highest BCUT2D eigenvalue weighted by molar-refractivity contribution is 6.37. The number of nitrogens with one attached hydrogen (secondary N) is 1. The van der Waals surface area contributed by atoms with Crippen molar-refractivity contribution in [3.05, 3.63) is 51.8 Å². The maximum atomic E-state index is 13.1. The van der Waals surface area contributed by atoms with Gasteiger partial charge in [-0.3, -0.25) is 0 Å². The van der Waals surface area contributed by atoms with E-state index in [4.69, 9.17) is 28.3 Å². The smallest absolute Gasteiger partial charge is 0.165 e. The fourth-order valence-corrected chi connectivity index (χ4v) is 2.02. The van der Waals surface area contributed by atoms with Crippen LogP contribution in [0.3, 0.4) is 0 Å². The van der Waals surface area contributed by atoms with E-state index < -0.39 is 5.82 Å². The van der Waals surface area contributed by atoms with E-state index in [-0.39, 0.29) is 21.5 Å². The largest absolute Gasteiger partial charge is 0.505 e. The number of benzene rings is 2. The van der Waals surface area contributed by atoms with Crippen molar-refractivity contribution in [2.75, 3.05) is 5.32 Å². The molecule has 3 nitrogen and oxygen atoms in total. The molecule has 0 heterocycles. The van der Waals surface area contributed by atoms with Gasteiger partial charge in [-0.15, -0.1) is 0 Å². The van der Waals surface area contributed by atoms with Crippen molar-refractivity contribution in [3.63, 3.8) is 0 Å². The minimum Gasteiger partial charge on any atom is -0.505 e. The fourth-order valence-electron chi connectivity index (χ4n) is 1.53. The summed E-state index contributed by atoms with van der Waals surface area (Å²) in [7, 11) is 0. The lowest BCUT2D eigenvalue weighted by Gasteiger charge is -2.09. The number of phenols is 2. The quantitative estimate of drug-likeness (QED) is 0.746. The van der Waals surface area contributed by atoms with Crippen LogP contribution in [-0.4, -0.2) is 10.2 Å². The van der Waals surface area contributed by atoms with Crippen LogP contribution in [0.5, 0.6) is 11.5 Å². The first-order chi connectivity index (χ1) is 8.97. The third kappa shape index (κ3) is 3.22. The summed E-state index contributed by atoms with van der Waals surface area (Å²) < 4.78 is 13.1. The summed E-state index contributed by atoms with van der Waals surface area (Å²) in [6, 6.07) is 7.13. The van der Waals surface area contributed by atoms with E-state index in [0.29, 0.717) is 17.8 Å². The molecule has 0 aliphatic rings. The van der Waals surface area contributed by atoms with Gasteiger partial charge in [0.1, 0.15) is 0 Å². The molecule has 2 aromatic carbocycles. The Balaban J connectivity index is 2.12. The third-order valence-corrected chi connectivity index (χ3v) is 3.10. The first-order valence-corrected chi connectivity index (χ1v) is 6.12. The average Bonchev–Trinajstić information content (AvgIpc) is 2.37. The van der Waals surface area contributed by atoms with Gasteiger partial charge in [-0.2, -0.15) is 0 Å². The number of rotatable bonds is 3. The number of aromatic hydroxyl groups is 2. The number of hydrogen-bond acceptors (Lipinski definition) is 3. The third-order valence-electron chi connectivity index (χ3n) is 2.53. The van der Waals surface area contributed by atoms with Gasteiger partial charge in [0.05, 0.1) is 10.0 Å². The maximum absolute atomic E-state index is 13.1. The Hall–Kier alpha value is -1.65. The molecule has 0 spiro atoms. The first kappa shape index (κ1) is 13.8. The maximum Gasteiger partial charge on any atom is 0.165 e. The van der Waals surface area contributed by atoms with E-state index in [1.165, 1.54) is 24.3 Å². The summed E-state index contributed by atoms with van der Waals surface area (Å²) in [4.78, 5) is 0. The first-order valence-electron chi connectivity index (χ1n) is 5.36. The Labute approximate surface area is 119 Å². The lowest BCUT2D eigenvalue weighted by Crippen LogP contribution is -1.99. The molecule has 0 unspecified atom stereocenters. The summed E-state index contributed by atoms with van der Waals surface area (Å²) in [5.74, 6) is -1.25. The van der Waals surface area contributed by atoms with Crippen LogP contribution >= 0.6 is 23.2 Å². The zero-order chi connectivity index (χ0) is 14.0. The van der Waals surface area contributed by atoms with Crippen LogP contribution in [0, 0.1) is 5.82 Å². The molecule has 100 valence electrons. The van der Waals surface area contributed by atoms with E-state index in [0.717, 1.165) is 0 Å². The molecule has 0 amide bonds. The lowest BCUT2D eigenvalue weighted by molar-refractivity contribution is 0.432. The molecule has 3 N–H and O–H groups in total. The van der Waals surface area contributed by atoms with Crippen LogP contribution in [0.15, 0.2) is 30.3 Å². The Morgan fingerprint density at radius 2 is 1.68 bits per heavy atom. The minimum absolute atomic E-state index is 0.131. The van der Waals surface area contributed by atoms with Gasteiger partial charge in [0.15, 0.2) is 17.3 Å². The molecule has 6 heteroatoms. The van der Waals surface area contributed by atoms with Gasteiger partial charge in [-0.05, 0) is 29.8 Å². The highest BCUT2D eigenvalue weighted by atomic mass is 35.5. The van der Waals surface area contributed by atoms with Gasteiger partial charge >= 0.3 is 0 Å². The Morgan fingerprint density at radius 3 is 2.26 bits per heavy atom. The molecule has 0 aromatic heterocycles. The molecule has 0 bridgehead atoms. The SMILES string of the molecule is Oc1ccc(CNc2cc(Cl)c(O)c(Cl)c2)cc1F. The van der Waals surface area contributed by atoms with Gasteiger partial charge < -0.3 is 15.5 Å². The van der Waals surface area contributed by atoms with Gasteiger partial charge in [0.2, 0.25) is 0 Å². The van der Waals surface area contributed by atoms with Crippen LogP contribution < -0.4 is 5.32 Å². The number of anilines is 1. The van der Waals surface area contributed by atoms with Crippen LogP contribution in [0.4, 0.5) is 10.1 Å². The molecule has 0 atom stereocenters. The van der Waals surface area contributed by atoms with Crippen LogP contribution in [0.2, 0.25) is 10.0 Å². The zero-order valence-corrected chi connectivity index (χ0v) is 11.1. The average molecular weight is 302 g/mol. The second-order valence-electron chi connectivity index (χ2n) is 3.93. The molecular formula is C13H10Cl2FNO2. The monoisotopic (exact) mass is 301 g/mol. The van der Waals surface area contributed by atoms with Crippen molar-refractivity contribution in [2.24, 2.45) is 0 Å². The van der Waals surface area contributed by atoms with Crippen LogP contribution in [0.1, 0.15) is 5.56 Å². The molecule has 0 aliphatic heterocycles. The molecule has 0 fully saturated rings. The van der Waals surface area contributed by atoms with Crippen molar-refractivity contribution >= 4 is 28.9 Å². The summed E-state index contributed by atoms with van der Waals surface area (Å²) in [6.07, 6.45) is 0. The highest BCUT2D eigenvalue weighted by Gasteiger charge is 2.07. The predicted octanol–water partition coefficient (Wildman–Crippen LogP) is 4.16. The van der Waals surface area contributed by atoms with E-state index in [9.17, 15) is 9.50 Å². The molecule has 0 saturated carbocycles. The van der Waals surface area contributed by atoms with Gasteiger partial charge in [-0.1, -0.05) is 29.3 Å². The van der Waals surface area contributed by atoms with Crippen LogP contribution in [-0.2, 0) is 6.54 Å².